The Morgan fingerprint density at radius 1 is 1.14 bits per heavy atom. The van der Waals surface area contributed by atoms with Crippen LogP contribution in [0, 0.1) is 5.82 Å². The van der Waals surface area contributed by atoms with Crippen LogP contribution in [0.2, 0.25) is 0 Å². The molecule has 1 atom stereocenters. The minimum Gasteiger partial charge on any atom is -0.478 e. The van der Waals surface area contributed by atoms with Crippen molar-refractivity contribution in [3.05, 3.63) is 65.5 Å². The number of nitrogens with one attached hydrogen (secondary N) is 2. The number of benzene rings is 2. The first kappa shape index (κ1) is 21.4. The van der Waals surface area contributed by atoms with E-state index in [0.717, 1.165) is 12.0 Å². The number of rotatable bonds is 8. The summed E-state index contributed by atoms with van der Waals surface area (Å²) in [6, 6.07) is 12.7. The average molecular weight is 386 g/mol. The Labute approximate surface area is 165 Å². The number of amides is 2. The van der Waals surface area contributed by atoms with Crippen molar-refractivity contribution in [1.82, 2.24) is 10.6 Å². The zero-order valence-electron chi connectivity index (χ0n) is 16.7. The van der Waals surface area contributed by atoms with E-state index in [2.05, 4.69) is 10.6 Å². The molecule has 2 rings (SSSR count). The lowest BCUT2D eigenvalue weighted by atomic mass is 10.1. The summed E-state index contributed by atoms with van der Waals surface area (Å²) in [5.41, 5.74) is 0.222. The summed E-state index contributed by atoms with van der Waals surface area (Å²) in [7, 11) is 0. The van der Waals surface area contributed by atoms with E-state index in [0.29, 0.717) is 11.3 Å². The van der Waals surface area contributed by atoms with Crippen molar-refractivity contribution in [3.63, 3.8) is 0 Å². The highest BCUT2D eigenvalue weighted by molar-refractivity contribution is 5.94. The highest BCUT2D eigenvalue weighted by Gasteiger charge is 2.29. The van der Waals surface area contributed by atoms with Gasteiger partial charge in [0.2, 0.25) is 0 Å². The Kier molecular flexibility index (Phi) is 7.15. The van der Waals surface area contributed by atoms with Crippen LogP contribution in [0.4, 0.5) is 4.39 Å². The van der Waals surface area contributed by atoms with E-state index in [1.807, 2.05) is 19.9 Å². The van der Waals surface area contributed by atoms with Crippen LogP contribution in [-0.4, -0.2) is 23.5 Å². The Balaban J connectivity index is 1.96. The minimum absolute atomic E-state index is 0.0975. The fraction of sp³-hybridized carbons (Fsp3) is 0.364. The maximum atomic E-state index is 13.0. The largest absolute Gasteiger partial charge is 0.478 e. The van der Waals surface area contributed by atoms with Crippen molar-refractivity contribution in [3.8, 4) is 5.75 Å². The van der Waals surface area contributed by atoms with Crippen LogP contribution in [0.5, 0.6) is 5.75 Å². The molecule has 2 aromatic rings. The van der Waals surface area contributed by atoms with Crippen LogP contribution in [0.25, 0.3) is 0 Å². The molecule has 0 spiro atoms. The molecular weight excluding hydrogens is 359 g/mol. The molecule has 2 aromatic carbocycles. The second-order valence-electron chi connectivity index (χ2n) is 7.23. The molecule has 150 valence electrons. The number of ether oxygens (including phenoxy) is 1. The summed E-state index contributed by atoms with van der Waals surface area (Å²) in [4.78, 5) is 24.8. The van der Waals surface area contributed by atoms with Crippen molar-refractivity contribution < 1.29 is 18.7 Å². The van der Waals surface area contributed by atoms with E-state index >= 15 is 0 Å². The molecule has 0 aliphatic rings. The SMILES string of the molecule is CCC(C)NC(=O)c1cccc(CNC(=O)C(C)(C)Oc2ccc(F)cc2)c1. The van der Waals surface area contributed by atoms with Gasteiger partial charge in [-0.05, 0) is 69.2 Å². The van der Waals surface area contributed by atoms with Gasteiger partial charge in [0.25, 0.3) is 11.8 Å². The van der Waals surface area contributed by atoms with E-state index in [9.17, 15) is 14.0 Å². The molecule has 1 unspecified atom stereocenters. The second-order valence-corrected chi connectivity index (χ2v) is 7.23. The van der Waals surface area contributed by atoms with Crippen LogP contribution in [0.15, 0.2) is 48.5 Å². The van der Waals surface area contributed by atoms with E-state index in [1.165, 1.54) is 24.3 Å². The summed E-state index contributed by atoms with van der Waals surface area (Å²) in [5.74, 6) is -0.411. The first-order valence-electron chi connectivity index (χ1n) is 9.34. The molecule has 0 bridgehead atoms. The standard InChI is InChI=1S/C22H27FN2O3/c1-5-15(2)25-20(26)17-8-6-7-16(13-17)14-24-21(27)22(3,4)28-19-11-9-18(23)10-12-19/h6-13,15H,5,14H2,1-4H3,(H,24,27)(H,25,26). The van der Waals surface area contributed by atoms with Gasteiger partial charge in [0.05, 0.1) is 0 Å². The first-order chi connectivity index (χ1) is 13.2. The van der Waals surface area contributed by atoms with Crippen LogP contribution in [0.1, 0.15) is 50.0 Å². The molecule has 5 nitrogen and oxygen atoms in total. The predicted octanol–water partition coefficient (Wildman–Crippen LogP) is 3.83. The number of carbonyl (C=O) groups excluding carboxylic acids is 2. The number of hydrogen-bond acceptors (Lipinski definition) is 3. The maximum Gasteiger partial charge on any atom is 0.263 e. The Bertz CT molecular complexity index is 819. The van der Waals surface area contributed by atoms with E-state index in [1.54, 1.807) is 32.0 Å². The Morgan fingerprint density at radius 2 is 1.82 bits per heavy atom. The normalized spacial score (nSPS) is 12.2. The number of carbonyl (C=O) groups is 2. The monoisotopic (exact) mass is 386 g/mol. The molecule has 6 heteroatoms. The molecule has 0 aromatic heterocycles. The molecule has 28 heavy (non-hydrogen) atoms. The number of hydrogen-bond donors (Lipinski definition) is 2. The molecule has 0 radical (unpaired) electrons. The molecule has 0 fully saturated rings. The molecule has 0 heterocycles. The summed E-state index contributed by atoms with van der Waals surface area (Å²) in [5, 5.41) is 5.74. The van der Waals surface area contributed by atoms with Gasteiger partial charge in [-0.15, -0.1) is 0 Å². The zero-order valence-corrected chi connectivity index (χ0v) is 16.7. The van der Waals surface area contributed by atoms with Crippen LogP contribution >= 0.6 is 0 Å². The van der Waals surface area contributed by atoms with E-state index in [-0.39, 0.29) is 30.2 Å². The lowest BCUT2D eigenvalue weighted by Gasteiger charge is -2.25. The van der Waals surface area contributed by atoms with Gasteiger partial charge in [0.1, 0.15) is 11.6 Å². The van der Waals surface area contributed by atoms with Crippen LogP contribution in [0.3, 0.4) is 0 Å². The van der Waals surface area contributed by atoms with E-state index < -0.39 is 5.60 Å². The summed E-state index contributed by atoms with van der Waals surface area (Å²) in [6.07, 6.45) is 0.852. The second kappa shape index (κ2) is 9.35. The van der Waals surface area contributed by atoms with Crippen molar-refractivity contribution >= 4 is 11.8 Å². The molecule has 2 N–H and O–H groups in total. The van der Waals surface area contributed by atoms with Gasteiger partial charge in [0, 0.05) is 18.2 Å². The molecule has 0 saturated carbocycles. The topological polar surface area (TPSA) is 67.4 Å². The lowest BCUT2D eigenvalue weighted by Crippen LogP contribution is -2.46. The van der Waals surface area contributed by atoms with E-state index in [4.69, 9.17) is 4.74 Å². The Morgan fingerprint density at radius 3 is 2.46 bits per heavy atom. The van der Waals surface area contributed by atoms with Crippen molar-refractivity contribution in [2.24, 2.45) is 0 Å². The lowest BCUT2D eigenvalue weighted by molar-refractivity contribution is -0.134. The molecule has 2 amide bonds. The highest BCUT2D eigenvalue weighted by atomic mass is 19.1. The van der Waals surface area contributed by atoms with Crippen molar-refractivity contribution in [2.75, 3.05) is 0 Å². The third-order valence-corrected chi connectivity index (χ3v) is 4.37. The fourth-order valence-corrected chi connectivity index (χ4v) is 2.47. The van der Waals surface area contributed by atoms with Crippen LogP contribution in [-0.2, 0) is 11.3 Å². The fourth-order valence-electron chi connectivity index (χ4n) is 2.47. The molecule has 0 saturated heterocycles. The van der Waals surface area contributed by atoms with Crippen molar-refractivity contribution in [1.29, 1.82) is 0 Å². The van der Waals surface area contributed by atoms with Crippen molar-refractivity contribution in [2.45, 2.75) is 52.3 Å². The summed E-state index contributed by atoms with van der Waals surface area (Å²) < 4.78 is 18.7. The summed E-state index contributed by atoms with van der Waals surface area (Å²) >= 11 is 0. The third-order valence-electron chi connectivity index (χ3n) is 4.37. The molecule has 0 aliphatic carbocycles. The highest BCUT2D eigenvalue weighted by Crippen LogP contribution is 2.19. The number of halogens is 1. The van der Waals surface area contributed by atoms with Gasteiger partial charge in [-0.2, -0.15) is 0 Å². The van der Waals surface area contributed by atoms with Gasteiger partial charge in [-0.25, -0.2) is 4.39 Å². The average Bonchev–Trinajstić information content (AvgIpc) is 2.67. The smallest absolute Gasteiger partial charge is 0.263 e. The van der Waals surface area contributed by atoms with Gasteiger partial charge >= 0.3 is 0 Å². The molecule has 0 aliphatic heterocycles. The quantitative estimate of drug-likeness (QED) is 0.725. The van der Waals surface area contributed by atoms with Crippen LogP contribution < -0.4 is 15.4 Å². The van der Waals surface area contributed by atoms with Gasteiger partial charge in [-0.3, -0.25) is 9.59 Å². The Hall–Kier alpha value is -2.89. The summed E-state index contributed by atoms with van der Waals surface area (Å²) in [6.45, 7) is 7.50. The third kappa shape index (κ3) is 6.08. The van der Waals surface area contributed by atoms with Gasteiger partial charge < -0.3 is 15.4 Å². The van der Waals surface area contributed by atoms with Gasteiger partial charge in [-0.1, -0.05) is 19.1 Å². The zero-order chi connectivity index (χ0) is 20.7. The first-order valence-corrected chi connectivity index (χ1v) is 9.34. The van der Waals surface area contributed by atoms with Gasteiger partial charge in [0.15, 0.2) is 5.60 Å². The molecular formula is C22H27FN2O3. The maximum absolute atomic E-state index is 13.0. The predicted molar refractivity (Wildman–Crippen MR) is 107 cm³/mol. The minimum atomic E-state index is -1.14.